The molecule has 0 aliphatic carbocycles. The second kappa shape index (κ2) is 10.9. The van der Waals surface area contributed by atoms with Crippen LogP contribution in [0, 0.1) is 11.6 Å². The third-order valence-electron chi connectivity index (χ3n) is 4.03. The normalized spacial score (nSPS) is 10.9. The second-order valence-electron chi connectivity index (χ2n) is 6.53. The summed E-state index contributed by atoms with van der Waals surface area (Å²) < 4.78 is 28.0. The van der Waals surface area contributed by atoms with Crippen LogP contribution < -0.4 is 4.90 Å². The highest BCUT2D eigenvalue weighted by atomic mass is 35.5. The molecule has 3 rings (SSSR count). The van der Waals surface area contributed by atoms with E-state index in [-0.39, 0.29) is 29.6 Å². The Balaban J connectivity index is 0.00000300. The first kappa shape index (κ1) is 23.5. The monoisotopic (exact) mass is 457 g/mol. The number of aromatic nitrogens is 1. The van der Waals surface area contributed by atoms with Gasteiger partial charge in [-0.2, -0.15) is 0 Å². The molecule has 0 fully saturated rings. The van der Waals surface area contributed by atoms with Crippen molar-refractivity contribution in [1.29, 1.82) is 0 Å². The van der Waals surface area contributed by atoms with Crippen LogP contribution in [0.4, 0.5) is 13.9 Å². The fraction of sp³-hybridized carbons (Fsp3) is 0.300. The number of nitrogens with zero attached hydrogens (tertiary/aromatic N) is 3. The minimum atomic E-state index is -0.711. The number of rotatable bonds is 8. The topological polar surface area (TPSA) is 36.4 Å². The summed E-state index contributed by atoms with van der Waals surface area (Å²) in [6.07, 6.45) is 0.752. The largest absolute Gasteiger partial charge is 0.309 e. The Hall–Kier alpha value is -1.74. The number of amides is 1. The van der Waals surface area contributed by atoms with Gasteiger partial charge in [0, 0.05) is 17.5 Å². The standard InChI is InChI=1S/C20H21F2N3OS2.ClH/c1-24(2)9-6-10-25(18(26)13-27-15-7-4-3-5-8-15)20-23-19-16(22)11-14(21)12-17(19)28-20;/h3-5,7-8,11-12H,6,9-10,13H2,1-2H3;1H. The Labute approximate surface area is 183 Å². The zero-order valence-electron chi connectivity index (χ0n) is 16.1. The molecule has 29 heavy (non-hydrogen) atoms. The van der Waals surface area contributed by atoms with Crippen molar-refractivity contribution in [2.45, 2.75) is 11.3 Å². The Morgan fingerprint density at radius 1 is 1.14 bits per heavy atom. The summed E-state index contributed by atoms with van der Waals surface area (Å²) in [7, 11) is 3.93. The number of carbonyl (C=O) groups excluding carboxylic acids is 1. The van der Waals surface area contributed by atoms with Gasteiger partial charge in [-0.05, 0) is 45.3 Å². The van der Waals surface area contributed by atoms with Crippen molar-refractivity contribution in [3.8, 4) is 0 Å². The maximum atomic E-state index is 14.0. The lowest BCUT2D eigenvalue weighted by Gasteiger charge is -2.21. The van der Waals surface area contributed by atoms with Crippen molar-refractivity contribution < 1.29 is 13.6 Å². The molecule has 0 unspecified atom stereocenters. The van der Waals surface area contributed by atoms with Crippen LogP contribution in [0.5, 0.6) is 0 Å². The van der Waals surface area contributed by atoms with Gasteiger partial charge in [0.25, 0.3) is 0 Å². The maximum Gasteiger partial charge on any atom is 0.239 e. The molecule has 0 aliphatic rings. The molecular formula is C20H22ClF2N3OS2. The van der Waals surface area contributed by atoms with E-state index in [0.717, 1.165) is 35.3 Å². The van der Waals surface area contributed by atoms with Crippen LogP contribution in [0.1, 0.15) is 6.42 Å². The first-order valence-electron chi connectivity index (χ1n) is 8.82. The van der Waals surface area contributed by atoms with E-state index < -0.39 is 11.6 Å². The van der Waals surface area contributed by atoms with Gasteiger partial charge >= 0.3 is 0 Å². The summed E-state index contributed by atoms with van der Waals surface area (Å²) in [6, 6.07) is 11.7. The van der Waals surface area contributed by atoms with E-state index in [1.165, 1.54) is 17.8 Å². The Kier molecular flexibility index (Phi) is 8.82. The van der Waals surface area contributed by atoms with Crippen molar-refractivity contribution >= 4 is 56.8 Å². The van der Waals surface area contributed by atoms with Crippen molar-refractivity contribution in [2.75, 3.05) is 37.8 Å². The summed E-state index contributed by atoms with van der Waals surface area (Å²) >= 11 is 2.58. The quantitative estimate of drug-likeness (QED) is 0.442. The van der Waals surface area contributed by atoms with E-state index in [1.54, 1.807) is 4.90 Å². The number of thioether (sulfide) groups is 1. The lowest BCUT2D eigenvalue weighted by Crippen LogP contribution is -2.34. The molecule has 0 bridgehead atoms. The van der Waals surface area contributed by atoms with Gasteiger partial charge in [-0.25, -0.2) is 13.8 Å². The minimum Gasteiger partial charge on any atom is -0.309 e. The third-order valence-corrected chi connectivity index (χ3v) is 6.05. The highest BCUT2D eigenvalue weighted by Gasteiger charge is 2.21. The van der Waals surface area contributed by atoms with Gasteiger partial charge in [0.15, 0.2) is 10.9 Å². The number of carbonyl (C=O) groups is 1. The van der Waals surface area contributed by atoms with Crippen molar-refractivity contribution in [1.82, 2.24) is 9.88 Å². The van der Waals surface area contributed by atoms with Gasteiger partial charge in [-0.1, -0.05) is 29.5 Å². The van der Waals surface area contributed by atoms with Crippen LogP contribution in [0.3, 0.4) is 0 Å². The number of thiazole rings is 1. The molecule has 4 nitrogen and oxygen atoms in total. The minimum absolute atomic E-state index is 0. The average Bonchev–Trinajstić information content (AvgIpc) is 3.08. The van der Waals surface area contributed by atoms with E-state index in [2.05, 4.69) is 4.98 Å². The van der Waals surface area contributed by atoms with Gasteiger partial charge in [-0.3, -0.25) is 9.69 Å². The maximum absolute atomic E-state index is 14.0. The van der Waals surface area contributed by atoms with Gasteiger partial charge in [0.1, 0.15) is 11.3 Å². The molecule has 156 valence electrons. The molecule has 0 saturated carbocycles. The molecule has 1 amide bonds. The number of fused-ring (bicyclic) bond motifs is 1. The van der Waals surface area contributed by atoms with Crippen molar-refractivity contribution in [3.05, 3.63) is 54.1 Å². The van der Waals surface area contributed by atoms with E-state index in [4.69, 9.17) is 0 Å². The van der Waals surface area contributed by atoms with E-state index in [0.29, 0.717) is 16.4 Å². The van der Waals surface area contributed by atoms with Gasteiger partial charge in [-0.15, -0.1) is 24.2 Å². The average molecular weight is 458 g/mol. The van der Waals surface area contributed by atoms with Gasteiger partial charge in [0.05, 0.1) is 10.5 Å². The number of halogens is 3. The molecule has 0 radical (unpaired) electrons. The van der Waals surface area contributed by atoms with Crippen LogP contribution >= 0.6 is 35.5 Å². The van der Waals surface area contributed by atoms with E-state index >= 15 is 0 Å². The molecule has 1 heterocycles. The highest BCUT2D eigenvalue weighted by molar-refractivity contribution is 8.00. The molecule has 2 aromatic carbocycles. The molecule has 0 saturated heterocycles. The predicted octanol–water partition coefficient (Wildman–Crippen LogP) is 5.07. The van der Waals surface area contributed by atoms with Crippen LogP contribution in [-0.2, 0) is 4.79 Å². The molecule has 0 aliphatic heterocycles. The SMILES string of the molecule is CN(C)CCCN(C(=O)CSc1ccccc1)c1nc2c(F)cc(F)cc2s1.Cl. The summed E-state index contributed by atoms with van der Waals surface area (Å²) in [6.45, 7) is 1.28. The predicted molar refractivity (Wildman–Crippen MR) is 119 cm³/mol. The van der Waals surface area contributed by atoms with E-state index in [1.807, 2.05) is 49.3 Å². The molecule has 1 aromatic heterocycles. The molecule has 0 atom stereocenters. The van der Waals surface area contributed by atoms with E-state index in [9.17, 15) is 13.6 Å². The first-order chi connectivity index (χ1) is 13.4. The first-order valence-corrected chi connectivity index (χ1v) is 10.6. The summed E-state index contributed by atoms with van der Waals surface area (Å²) in [5.41, 5.74) is 0.0996. The van der Waals surface area contributed by atoms with Crippen LogP contribution in [-0.4, -0.2) is 48.7 Å². The summed E-state index contributed by atoms with van der Waals surface area (Å²) in [5, 5.41) is 0.400. The molecule has 0 spiro atoms. The fourth-order valence-electron chi connectivity index (χ4n) is 2.67. The van der Waals surface area contributed by atoms with Crippen LogP contribution in [0.15, 0.2) is 47.4 Å². The summed E-state index contributed by atoms with van der Waals surface area (Å²) in [5.74, 6) is -1.21. The highest BCUT2D eigenvalue weighted by Crippen LogP contribution is 2.32. The lowest BCUT2D eigenvalue weighted by molar-refractivity contribution is -0.116. The molecular weight excluding hydrogens is 436 g/mol. The van der Waals surface area contributed by atoms with Crippen LogP contribution in [0.25, 0.3) is 10.2 Å². The second-order valence-corrected chi connectivity index (χ2v) is 8.59. The number of hydrogen-bond acceptors (Lipinski definition) is 5. The van der Waals surface area contributed by atoms with Crippen LogP contribution in [0.2, 0.25) is 0 Å². The van der Waals surface area contributed by atoms with Crippen molar-refractivity contribution in [2.24, 2.45) is 0 Å². The Morgan fingerprint density at radius 3 is 2.55 bits per heavy atom. The number of benzene rings is 2. The van der Waals surface area contributed by atoms with Gasteiger partial charge in [0.2, 0.25) is 5.91 Å². The summed E-state index contributed by atoms with van der Waals surface area (Å²) in [4.78, 5) is 21.8. The zero-order chi connectivity index (χ0) is 20.1. The molecule has 9 heteroatoms. The van der Waals surface area contributed by atoms with Gasteiger partial charge < -0.3 is 4.90 Å². The zero-order valence-corrected chi connectivity index (χ0v) is 18.5. The lowest BCUT2D eigenvalue weighted by atomic mass is 10.3. The Bertz CT molecular complexity index is 954. The fourth-order valence-corrected chi connectivity index (χ4v) is 4.52. The molecule has 3 aromatic rings. The third kappa shape index (κ3) is 6.37. The number of anilines is 1. The number of hydrogen-bond donors (Lipinski definition) is 0. The van der Waals surface area contributed by atoms with Crippen molar-refractivity contribution in [3.63, 3.8) is 0 Å². The smallest absolute Gasteiger partial charge is 0.239 e. The Morgan fingerprint density at radius 2 is 1.86 bits per heavy atom. The molecule has 0 N–H and O–H groups in total.